The Morgan fingerprint density at radius 3 is 1.40 bits per heavy atom. The molecule has 2 aromatic heterocycles. The summed E-state index contributed by atoms with van der Waals surface area (Å²) >= 11 is -4.21. The second-order valence-electron chi connectivity index (χ2n) is 12.7. The van der Waals surface area contributed by atoms with E-state index in [1.165, 1.54) is 24.3 Å². The fourth-order valence-electron chi connectivity index (χ4n) is 7.37. The van der Waals surface area contributed by atoms with Gasteiger partial charge in [-0.15, -0.1) is 0 Å². The first kappa shape index (κ1) is 29.7. The minimum atomic E-state index is -4.21. The summed E-state index contributed by atoms with van der Waals surface area (Å²) in [6.45, 7) is 0. The summed E-state index contributed by atoms with van der Waals surface area (Å²) < 4.78 is 10.7. The number of carbonyl (C=O) groups excluding carboxylic acids is 1. The number of aromatic nitrogens is 2. The number of hydrogen-bond acceptors (Lipinski definition) is 10. The van der Waals surface area contributed by atoms with E-state index in [0.717, 1.165) is 43.8 Å². The zero-order chi connectivity index (χ0) is 35.4. The van der Waals surface area contributed by atoms with Gasteiger partial charge in [0.25, 0.3) is 0 Å². The molecule has 14 heteroatoms. The van der Waals surface area contributed by atoms with Gasteiger partial charge in [-0.2, -0.15) is 0 Å². The molecule has 0 radical (unpaired) electrons. The SMILES string of the molecule is O=C([O][Ga]1[n]2c3c4ccccc4c2N=C2N=C(N=c4c5ccccc5c([n]41)=NC1=NC(=N3)c3ccccc31)c1ccccc12)c1ccc([N+](=O)[O-])cc1. The molecule has 0 fully saturated rings. The number of rotatable bonds is 3. The molecule has 0 N–H and O–H groups in total. The quantitative estimate of drug-likeness (QED) is 0.130. The average Bonchev–Trinajstić information content (AvgIpc) is 3.90. The van der Waals surface area contributed by atoms with Crippen molar-refractivity contribution in [1.29, 1.82) is 0 Å². The van der Waals surface area contributed by atoms with E-state index in [1.54, 1.807) is 0 Å². The maximum absolute atomic E-state index is 14.4. The third kappa shape index (κ3) is 4.30. The number of aliphatic imine (C=N–C) groups is 4. The number of hydrogen-bond donors (Lipinski definition) is 0. The van der Waals surface area contributed by atoms with Gasteiger partial charge in [-0.3, -0.25) is 0 Å². The van der Waals surface area contributed by atoms with E-state index >= 15 is 0 Å². The van der Waals surface area contributed by atoms with Gasteiger partial charge in [0.1, 0.15) is 0 Å². The molecule has 6 bridgehead atoms. The zero-order valence-corrected chi connectivity index (χ0v) is 29.7. The Morgan fingerprint density at radius 1 is 0.528 bits per heavy atom. The summed E-state index contributed by atoms with van der Waals surface area (Å²) in [5, 5.41) is 14.6. The Hall–Kier alpha value is -7.03. The van der Waals surface area contributed by atoms with E-state index in [2.05, 4.69) is 0 Å². The van der Waals surface area contributed by atoms with E-state index in [4.69, 9.17) is 33.5 Å². The zero-order valence-electron chi connectivity index (χ0n) is 27.3. The fraction of sp³-hybridized carbons (Fsp3) is 0. The summed E-state index contributed by atoms with van der Waals surface area (Å²) in [6.07, 6.45) is 0. The van der Waals surface area contributed by atoms with Gasteiger partial charge in [-0.25, -0.2) is 0 Å². The summed E-state index contributed by atoms with van der Waals surface area (Å²) in [5.74, 6) is 2.26. The topological polar surface area (TPSA) is 153 Å². The molecule has 0 unspecified atom stereocenters. The Morgan fingerprint density at radius 2 is 0.943 bits per heavy atom. The van der Waals surface area contributed by atoms with Crippen molar-refractivity contribution < 1.29 is 13.2 Å². The fourth-order valence-corrected chi connectivity index (χ4v) is 12.4. The van der Waals surface area contributed by atoms with Crippen molar-refractivity contribution in [2.45, 2.75) is 0 Å². The van der Waals surface area contributed by atoms with Crippen molar-refractivity contribution in [3.8, 4) is 0 Å². The third-order valence-electron chi connectivity index (χ3n) is 9.79. The molecule has 7 aromatic rings. The van der Waals surface area contributed by atoms with Crippen molar-refractivity contribution >= 4 is 85.2 Å². The van der Waals surface area contributed by atoms with Crippen LogP contribution in [0.4, 0.5) is 17.3 Å². The number of non-ortho nitro benzene ring substituents is 1. The normalized spacial score (nSPS) is 14.6. The summed E-state index contributed by atoms with van der Waals surface area (Å²) in [4.78, 5) is 56.4. The van der Waals surface area contributed by atoms with Crippen molar-refractivity contribution in [3.05, 3.63) is 170 Å². The first-order valence-electron chi connectivity index (χ1n) is 16.7. The number of nitrogens with zero attached hydrogens (tertiary/aromatic N) is 9. The van der Waals surface area contributed by atoms with Gasteiger partial charge < -0.3 is 0 Å². The van der Waals surface area contributed by atoms with Crippen LogP contribution in [0.25, 0.3) is 21.5 Å². The molecule has 6 heterocycles. The summed E-state index contributed by atoms with van der Waals surface area (Å²) in [5.41, 5.74) is 4.33. The van der Waals surface area contributed by atoms with Gasteiger partial charge in [0, 0.05) is 0 Å². The second kappa shape index (κ2) is 11.0. The van der Waals surface area contributed by atoms with E-state index < -0.39 is 28.0 Å². The van der Waals surface area contributed by atoms with Gasteiger partial charge in [0.15, 0.2) is 0 Å². The molecule has 0 saturated heterocycles. The molecule has 0 aliphatic carbocycles. The monoisotopic (exact) mass is 747 g/mol. The second-order valence-corrected chi connectivity index (χ2v) is 16.7. The van der Waals surface area contributed by atoms with Gasteiger partial charge >= 0.3 is 305 Å². The predicted molar refractivity (Wildman–Crippen MR) is 200 cm³/mol. The van der Waals surface area contributed by atoms with Crippen LogP contribution in [0.1, 0.15) is 32.6 Å². The molecule has 248 valence electrons. The third-order valence-corrected chi connectivity index (χ3v) is 14.6. The number of benzene rings is 5. The first-order chi connectivity index (χ1) is 26.0. The standard InChI is InChI=1S/C32H16N8.C7H5NO4.Ga/c1-2-10-18-17(9-1)25-33-26(18)38-28-21-13-5-6-14-22(21)30(35-28)40-32-24-16-8-7-15-23(24)31(36-32)39-29-20-12-4-3-11-19(20)27(34-29)37-25;9-7(10)5-1-3-6(4-2-5)8(11)12;/h1-16H;1-4H,(H,9,10);/q-2;;+3/p-1. The van der Waals surface area contributed by atoms with Crippen LogP contribution in [0.5, 0.6) is 0 Å². The molecular weight excluding hydrogens is 728 g/mol. The molecule has 0 saturated carbocycles. The first-order valence-corrected chi connectivity index (χ1v) is 19.9. The molecule has 13 nitrogen and oxygen atoms in total. The van der Waals surface area contributed by atoms with Crippen molar-refractivity contribution in [3.63, 3.8) is 0 Å². The van der Waals surface area contributed by atoms with Crippen molar-refractivity contribution in [1.82, 2.24) is 6.55 Å². The van der Waals surface area contributed by atoms with E-state index in [-0.39, 0.29) is 11.3 Å². The van der Waals surface area contributed by atoms with Gasteiger partial charge in [0.2, 0.25) is 0 Å². The number of nitro benzene ring substituents is 1. The molecule has 0 spiro atoms. The minimum absolute atomic E-state index is 0.137. The van der Waals surface area contributed by atoms with Crippen LogP contribution < -0.4 is 11.0 Å². The van der Waals surface area contributed by atoms with Crippen molar-refractivity contribution in [2.24, 2.45) is 30.0 Å². The van der Waals surface area contributed by atoms with E-state index in [1.807, 2.05) is 104 Å². The Kier molecular flexibility index (Phi) is 6.15. The molecule has 4 aliphatic rings. The maximum atomic E-state index is 14.4. The Bertz CT molecular complexity index is 2940. The molecular formula is C39H20GaN9O4. The Labute approximate surface area is 304 Å². The van der Waals surface area contributed by atoms with Crippen LogP contribution in [0.15, 0.2) is 151 Å². The van der Waals surface area contributed by atoms with Crippen LogP contribution in [0.2, 0.25) is 0 Å². The predicted octanol–water partition coefficient (Wildman–Crippen LogP) is 5.69. The number of nitro groups is 1. The van der Waals surface area contributed by atoms with Crippen LogP contribution in [0, 0.1) is 10.1 Å². The molecule has 11 rings (SSSR count). The van der Waals surface area contributed by atoms with E-state index in [9.17, 15) is 14.9 Å². The van der Waals surface area contributed by atoms with E-state index in [0.29, 0.717) is 46.0 Å². The Balaban J connectivity index is 1.33. The average molecular weight is 748 g/mol. The van der Waals surface area contributed by atoms with Gasteiger partial charge in [-0.05, 0) is 0 Å². The van der Waals surface area contributed by atoms with Crippen LogP contribution >= 0.6 is 0 Å². The van der Waals surface area contributed by atoms with Crippen LogP contribution in [-0.4, -0.2) is 57.8 Å². The summed E-state index contributed by atoms with van der Waals surface area (Å²) in [6, 6.07) is 36.7. The molecule has 4 aliphatic heterocycles. The van der Waals surface area contributed by atoms with Crippen LogP contribution in [0.3, 0.4) is 0 Å². The number of amidine groups is 4. The summed E-state index contributed by atoms with van der Waals surface area (Å²) in [7, 11) is 0. The van der Waals surface area contributed by atoms with Gasteiger partial charge in [0.05, 0.1) is 0 Å². The number of carbonyl (C=O) groups is 1. The van der Waals surface area contributed by atoms with Gasteiger partial charge in [-0.1, -0.05) is 0 Å². The van der Waals surface area contributed by atoms with Crippen molar-refractivity contribution in [2.75, 3.05) is 0 Å². The molecule has 5 aromatic carbocycles. The molecule has 53 heavy (non-hydrogen) atoms. The van der Waals surface area contributed by atoms with Crippen LogP contribution in [-0.2, 0) is 3.53 Å². The molecule has 0 amide bonds. The number of fused-ring (bicyclic) bond motifs is 14. The molecule has 0 atom stereocenters.